The summed E-state index contributed by atoms with van der Waals surface area (Å²) in [7, 11) is 0. The Morgan fingerprint density at radius 1 is 1.17 bits per heavy atom. The van der Waals surface area contributed by atoms with Gasteiger partial charge in [0.05, 0.1) is 12.2 Å². The molecule has 1 aliphatic heterocycles. The first kappa shape index (κ1) is 7.61. The van der Waals surface area contributed by atoms with Crippen LogP contribution in [0.4, 0.5) is 13.2 Å². The Kier molecular flexibility index (Phi) is 1.58. The minimum absolute atomic E-state index is 0.261. The Bertz CT molecular complexity index is 320. The van der Waals surface area contributed by atoms with Gasteiger partial charge in [0.25, 0.3) is 0 Å². The molecule has 1 aromatic rings. The van der Waals surface area contributed by atoms with Gasteiger partial charge in [-0.1, -0.05) is 0 Å². The van der Waals surface area contributed by atoms with E-state index in [1.807, 2.05) is 0 Å². The SMILES string of the molecule is Fc1ccc(F)c([C@@H]2CO2)c1F. The highest BCUT2D eigenvalue weighted by Gasteiger charge is 2.32. The smallest absolute Gasteiger partial charge is 0.167 e. The van der Waals surface area contributed by atoms with E-state index >= 15 is 0 Å². The third kappa shape index (κ3) is 1.08. The number of hydrogen-bond acceptors (Lipinski definition) is 1. The van der Waals surface area contributed by atoms with Crippen molar-refractivity contribution in [2.75, 3.05) is 6.61 Å². The van der Waals surface area contributed by atoms with Crippen molar-refractivity contribution < 1.29 is 17.9 Å². The van der Waals surface area contributed by atoms with Gasteiger partial charge in [-0.3, -0.25) is 0 Å². The summed E-state index contributed by atoms with van der Waals surface area (Å²) < 4.78 is 42.9. The predicted molar refractivity (Wildman–Crippen MR) is 35.0 cm³/mol. The molecule has 1 aromatic carbocycles. The molecular weight excluding hydrogens is 169 g/mol. The van der Waals surface area contributed by atoms with Crippen molar-refractivity contribution in [1.82, 2.24) is 0 Å². The average molecular weight is 174 g/mol. The van der Waals surface area contributed by atoms with E-state index in [-0.39, 0.29) is 12.2 Å². The average Bonchev–Trinajstić information content (AvgIpc) is 2.81. The lowest BCUT2D eigenvalue weighted by atomic mass is 10.1. The van der Waals surface area contributed by atoms with Crippen molar-refractivity contribution in [3.05, 3.63) is 35.1 Å². The van der Waals surface area contributed by atoms with Crippen LogP contribution in [-0.4, -0.2) is 6.61 Å². The van der Waals surface area contributed by atoms with Gasteiger partial charge in [0.15, 0.2) is 11.6 Å². The van der Waals surface area contributed by atoms with Crippen LogP contribution in [0, 0.1) is 17.5 Å². The van der Waals surface area contributed by atoms with Crippen LogP contribution in [0.5, 0.6) is 0 Å². The van der Waals surface area contributed by atoms with E-state index in [0.717, 1.165) is 12.1 Å². The summed E-state index contributed by atoms with van der Waals surface area (Å²) in [6.45, 7) is 0.261. The van der Waals surface area contributed by atoms with E-state index in [0.29, 0.717) is 0 Å². The summed E-state index contributed by atoms with van der Waals surface area (Å²) in [6, 6.07) is 1.66. The molecule has 0 spiro atoms. The summed E-state index contributed by atoms with van der Waals surface area (Å²) in [4.78, 5) is 0. The van der Waals surface area contributed by atoms with Crippen LogP contribution in [0.2, 0.25) is 0 Å². The molecule has 0 unspecified atom stereocenters. The van der Waals surface area contributed by atoms with Gasteiger partial charge in [-0.05, 0) is 12.1 Å². The van der Waals surface area contributed by atoms with Crippen molar-refractivity contribution in [2.45, 2.75) is 6.10 Å². The van der Waals surface area contributed by atoms with E-state index in [2.05, 4.69) is 4.74 Å². The Hall–Kier alpha value is -1.03. The second-order valence-corrected chi connectivity index (χ2v) is 2.58. The van der Waals surface area contributed by atoms with Crippen LogP contribution < -0.4 is 0 Å². The van der Waals surface area contributed by atoms with E-state index < -0.39 is 23.6 Å². The molecular formula is C8H5F3O. The summed E-state index contributed by atoms with van der Waals surface area (Å²) in [5.74, 6) is -2.93. The first-order chi connectivity index (χ1) is 5.70. The van der Waals surface area contributed by atoms with E-state index in [1.54, 1.807) is 0 Å². The monoisotopic (exact) mass is 174 g/mol. The highest BCUT2D eigenvalue weighted by Crippen LogP contribution is 2.34. The van der Waals surface area contributed by atoms with Crippen molar-refractivity contribution in [3.8, 4) is 0 Å². The zero-order valence-corrected chi connectivity index (χ0v) is 5.98. The number of rotatable bonds is 1. The predicted octanol–water partition coefficient (Wildman–Crippen LogP) is 2.18. The molecule has 1 heterocycles. The van der Waals surface area contributed by atoms with Crippen LogP contribution in [0.15, 0.2) is 12.1 Å². The van der Waals surface area contributed by atoms with E-state index in [9.17, 15) is 13.2 Å². The third-order valence-electron chi connectivity index (χ3n) is 1.73. The maximum Gasteiger partial charge on any atom is 0.167 e. The standard InChI is InChI=1S/C8H5F3O/c9-4-1-2-5(10)8(11)7(4)6-3-12-6/h1-2,6H,3H2/t6-/m0/s1. The Morgan fingerprint density at radius 3 is 2.33 bits per heavy atom. The molecule has 64 valence electrons. The molecule has 0 saturated carbocycles. The van der Waals surface area contributed by atoms with E-state index in [4.69, 9.17) is 0 Å². The molecule has 1 nitrogen and oxygen atoms in total. The van der Waals surface area contributed by atoms with Crippen LogP contribution in [0.3, 0.4) is 0 Å². The molecule has 1 fully saturated rings. The summed E-state index contributed by atoms with van der Waals surface area (Å²) in [5.41, 5.74) is -0.296. The lowest BCUT2D eigenvalue weighted by Gasteiger charge is -2.00. The molecule has 2 rings (SSSR count). The second-order valence-electron chi connectivity index (χ2n) is 2.58. The minimum Gasteiger partial charge on any atom is -0.368 e. The third-order valence-corrected chi connectivity index (χ3v) is 1.73. The van der Waals surface area contributed by atoms with Crippen molar-refractivity contribution in [1.29, 1.82) is 0 Å². The van der Waals surface area contributed by atoms with Crippen LogP contribution in [0.1, 0.15) is 11.7 Å². The van der Waals surface area contributed by atoms with Crippen molar-refractivity contribution in [3.63, 3.8) is 0 Å². The van der Waals surface area contributed by atoms with Gasteiger partial charge in [-0.25, -0.2) is 13.2 Å². The fourth-order valence-electron chi connectivity index (χ4n) is 1.05. The number of epoxide rings is 1. The van der Waals surface area contributed by atoms with Gasteiger partial charge in [0.1, 0.15) is 11.9 Å². The molecule has 0 amide bonds. The molecule has 0 radical (unpaired) electrons. The first-order valence-corrected chi connectivity index (χ1v) is 3.45. The molecule has 1 atom stereocenters. The van der Waals surface area contributed by atoms with Crippen molar-refractivity contribution >= 4 is 0 Å². The zero-order chi connectivity index (χ0) is 8.72. The Morgan fingerprint density at radius 2 is 1.75 bits per heavy atom. The number of halogens is 3. The molecule has 0 bridgehead atoms. The number of hydrogen-bond donors (Lipinski definition) is 0. The normalized spacial score (nSPS) is 21.1. The lowest BCUT2D eigenvalue weighted by molar-refractivity contribution is 0.389. The molecule has 0 aliphatic carbocycles. The minimum atomic E-state index is -1.14. The van der Waals surface area contributed by atoms with Gasteiger partial charge < -0.3 is 4.74 Å². The van der Waals surface area contributed by atoms with Gasteiger partial charge in [-0.15, -0.1) is 0 Å². The van der Waals surface area contributed by atoms with Crippen LogP contribution in [0.25, 0.3) is 0 Å². The molecule has 0 N–H and O–H groups in total. The fraction of sp³-hybridized carbons (Fsp3) is 0.250. The summed E-state index contributed by atoms with van der Waals surface area (Å²) in [6.07, 6.45) is -0.597. The summed E-state index contributed by atoms with van der Waals surface area (Å²) in [5, 5.41) is 0. The van der Waals surface area contributed by atoms with Gasteiger partial charge >= 0.3 is 0 Å². The maximum absolute atomic E-state index is 12.9. The molecule has 0 aromatic heterocycles. The van der Waals surface area contributed by atoms with Gasteiger partial charge in [-0.2, -0.15) is 0 Å². The lowest BCUT2D eigenvalue weighted by Crippen LogP contribution is -1.97. The maximum atomic E-state index is 12.9. The van der Waals surface area contributed by atoms with Crippen LogP contribution in [-0.2, 0) is 4.74 Å². The fourth-order valence-corrected chi connectivity index (χ4v) is 1.05. The van der Waals surface area contributed by atoms with Gasteiger partial charge in [0, 0.05) is 0 Å². The largest absolute Gasteiger partial charge is 0.368 e. The number of ether oxygens (including phenoxy) is 1. The molecule has 4 heteroatoms. The Balaban J connectivity index is 2.55. The van der Waals surface area contributed by atoms with Crippen LogP contribution >= 0.6 is 0 Å². The van der Waals surface area contributed by atoms with Crippen molar-refractivity contribution in [2.24, 2.45) is 0 Å². The zero-order valence-electron chi connectivity index (χ0n) is 5.98. The molecule has 12 heavy (non-hydrogen) atoms. The molecule has 1 aliphatic rings. The topological polar surface area (TPSA) is 12.5 Å². The van der Waals surface area contributed by atoms with Gasteiger partial charge in [0.2, 0.25) is 0 Å². The van der Waals surface area contributed by atoms with E-state index in [1.165, 1.54) is 0 Å². The highest BCUT2D eigenvalue weighted by atomic mass is 19.2. The number of benzene rings is 1. The molecule has 1 saturated heterocycles. The second kappa shape index (κ2) is 2.48. The highest BCUT2D eigenvalue weighted by molar-refractivity contribution is 5.25. The Labute approximate surface area is 66.8 Å². The first-order valence-electron chi connectivity index (χ1n) is 3.45. The quantitative estimate of drug-likeness (QED) is 0.469. The summed E-state index contributed by atoms with van der Waals surface area (Å²) >= 11 is 0.